The van der Waals surface area contributed by atoms with Gasteiger partial charge in [-0.15, -0.1) is 0 Å². The summed E-state index contributed by atoms with van der Waals surface area (Å²) in [7, 11) is 0. The van der Waals surface area contributed by atoms with Gasteiger partial charge in [0.2, 0.25) is 0 Å². The topological polar surface area (TPSA) is 85.3 Å². The van der Waals surface area contributed by atoms with E-state index in [1.165, 1.54) is 24.0 Å². The Morgan fingerprint density at radius 2 is 1.95 bits per heavy atom. The fourth-order valence-corrected chi connectivity index (χ4v) is 2.47. The molecular weight excluding hydrogens is 280 g/mol. The maximum absolute atomic E-state index is 11.0. The van der Waals surface area contributed by atoms with Gasteiger partial charge >= 0.3 is 11.8 Å². The molecule has 22 heavy (non-hydrogen) atoms. The van der Waals surface area contributed by atoms with Crippen molar-refractivity contribution in [3.63, 3.8) is 0 Å². The molecule has 6 heteroatoms. The van der Waals surface area contributed by atoms with Crippen molar-refractivity contribution in [3.05, 3.63) is 47.1 Å². The quantitative estimate of drug-likeness (QED) is 0.844. The van der Waals surface area contributed by atoms with E-state index in [0.717, 1.165) is 13.0 Å². The molecule has 6 nitrogen and oxygen atoms in total. The largest absolute Gasteiger partial charge is 0.361 e. The van der Waals surface area contributed by atoms with Crippen LogP contribution in [0, 0.1) is 0 Å². The van der Waals surface area contributed by atoms with Crippen molar-refractivity contribution in [2.45, 2.75) is 45.3 Å². The van der Waals surface area contributed by atoms with Crippen LogP contribution in [0.1, 0.15) is 47.4 Å². The highest BCUT2D eigenvalue weighted by atomic mass is 16.5. The molecule has 1 heterocycles. The first-order chi connectivity index (χ1) is 10.7. The number of carbonyl (C=O) groups is 1. The van der Waals surface area contributed by atoms with Gasteiger partial charge in [0.05, 0.1) is 6.54 Å². The molecular formula is C16H20N4O2. The lowest BCUT2D eigenvalue weighted by atomic mass is 10.1. The Morgan fingerprint density at radius 3 is 2.50 bits per heavy atom. The molecule has 0 radical (unpaired) electrons. The van der Waals surface area contributed by atoms with Crippen LogP contribution in [-0.4, -0.2) is 27.0 Å². The van der Waals surface area contributed by atoms with E-state index in [1.807, 2.05) is 0 Å². The Labute approximate surface area is 129 Å². The van der Waals surface area contributed by atoms with Crippen molar-refractivity contribution in [1.29, 1.82) is 0 Å². The molecule has 0 aliphatic heterocycles. The van der Waals surface area contributed by atoms with Gasteiger partial charge in [0.15, 0.2) is 5.82 Å². The van der Waals surface area contributed by atoms with E-state index in [9.17, 15) is 4.79 Å². The molecule has 1 fully saturated rings. The van der Waals surface area contributed by atoms with E-state index in [2.05, 4.69) is 46.2 Å². The van der Waals surface area contributed by atoms with Gasteiger partial charge in [-0.3, -0.25) is 9.69 Å². The summed E-state index contributed by atoms with van der Waals surface area (Å²) in [5, 5.41) is 3.83. The number of carbonyl (C=O) groups excluding carboxylic acids is 1. The molecule has 0 unspecified atom stereocenters. The fourth-order valence-electron chi connectivity index (χ4n) is 2.47. The summed E-state index contributed by atoms with van der Waals surface area (Å²) in [6.45, 7) is 3.56. The molecule has 1 aliphatic rings. The van der Waals surface area contributed by atoms with Gasteiger partial charge in [0, 0.05) is 12.6 Å². The fraction of sp³-hybridized carbons (Fsp3) is 0.438. The second-order valence-electron chi connectivity index (χ2n) is 5.69. The Morgan fingerprint density at radius 1 is 1.27 bits per heavy atom. The number of primary amides is 1. The van der Waals surface area contributed by atoms with Gasteiger partial charge in [0.1, 0.15) is 0 Å². The van der Waals surface area contributed by atoms with Crippen LogP contribution in [0.2, 0.25) is 0 Å². The highest BCUT2D eigenvalue weighted by molar-refractivity contribution is 5.87. The zero-order valence-corrected chi connectivity index (χ0v) is 12.7. The summed E-state index contributed by atoms with van der Waals surface area (Å²) in [5.74, 6) is -0.309. The summed E-state index contributed by atoms with van der Waals surface area (Å²) < 4.78 is 4.85. The molecule has 2 aromatic rings. The molecule has 0 spiro atoms. The Balaban J connectivity index is 1.68. The number of benzene rings is 1. The molecule has 3 rings (SSSR count). The minimum Gasteiger partial charge on any atom is -0.361 e. The third-order valence-corrected chi connectivity index (χ3v) is 3.90. The Kier molecular flexibility index (Phi) is 4.20. The lowest BCUT2D eigenvalue weighted by Crippen LogP contribution is -2.25. The number of hydrogen-bond donors (Lipinski definition) is 1. The molecule has 0 saturated heterocycles. The average Bonchev–Trinajstić information content (AvgIpc) is 3.26. The monoisotopic (exact) mass is 300 g/mol. The number of hydrogen-bond acceptors (Lipinski definition) is 5. The second kappa shape index (κ2) is 6.27. The summed E-state index contributed by atoms with van der Waals surface area (Å²) in [4.78, 5) is 17.4. The number of aromatic nitrogens is 2. The molecule has 1 aliphatic carbocycles. The number of aryl methyl sites for hydroxylation is 1. The molecule has 2 N–H and O–H groups in total. The van der Waals surface area contributed by atoms with Crippen LogP contribution in [0.3, 0.4) is 0 Å². The Bertz CT molecular complexity index is 646. The van der Waals surface area contributed by atoms with Crippen molar-refractivity contribution in [3.8, 4) is 0 Å². The standard InChI is InChI=1S/C16H20N4O2/c1-2-11-3-5-12(6-4-11)9-20(13-7-8-13)10-14-18-16(15(17)21)22-19-14/h3-6,13H,2,7-10H2,1H3,(H2,17,21). The minimum atomic E-state index is -0.688. The Hall–Kier alpha value is -2.21. The van der Waals surface area contributed by atoms with Crippen molar-refractivity contribution in [2.24, 2.45) is 5.73 Å². The maximum Gasteiger partial charge on any atom is 0.315 e. The van der Waals surface area contributed by atoms with Gasteiger partial charge in [-0.05, 0) is 30.4 Å². The van der Waals surface area contributed by atoms with Gasteiger partial charge < -0.3 is 10.3 Å². The molecule has 1 aromatic carbocycles. The third kappa shape index (κ3) is 3.51. The van der Waals surface area contributed by atoms with E-state index in [1.54, 1.807) is 0 Å². The summed E-state index contributed by atoms with van der Waals surface area (Å²) in [6.07, 6.45) is 3.42. The van der Waals surface area contributed by atoms with Crippen LogP contribution in [0.25, 0.3) is 0 Å². The summed E-state index contributed by atoms with van der Waals surface area (Å²) in [5.41, 5.74) is 7.74. The van der Waals surface area contributed by atoms with E-state index in [-0.39, 0.29) is 5.89 Å². The van der Waals surface area contributed by atoms with E-state index < -0.39 is 5.91 Å². The van der Waals surface area contributed by atoms with Gasteiger partial charge in [-0.25, -0.2) is 0 Å². The number of nitrogens with two attached hydrogens (primary N) is 1. The van der Waals surface area contributed by atoms with Crippen LogP contribution in [0.5, 0.6) is 0 Å². The highest BCUT2D eigenvalue weighted by Gasteiger charge is 2.30. The molecule has 1 saturated carbocycles. The first kappa shape index (κ1) is 14.7. The number of amides is 1. The van der Waals surface area contributed by atoms with Crippen LogP contribution in [0.4, 0.5) is 0 Å². The van der Waals surface area contributed by atoms with Crippen molar-refractivity contribution in [1.82, 2.24) is 15.0 Å². The smallest absolute Gasteiger partial charge is 0.315 e. The molecule has 1 amide bonds. The average molecular weight is 300 g/mol. The van der Waals surface area contributed by atoms with Crippen LogP contribution in [-0.2, 0) is 19.5 Å². The van der Waals surface area contributed by atoms with Gasteiger partial charge in [0.25, 0.3) is 0 Å². The SMILES string of the molecule is CCc1ccc(CN(Cc2noc(C(N)=O)n2)C2CC2)cc1. The summed E-state index contributed by atoms with van der Waals surface area (Å²) >= 11 is 0. The lowest BCUT2D eigenvalue weighted by Gasteiger charge is -2.20. The predicted octanol–water partition coefficient (Wildman–Crippen LogP) is 1.90. The summed E-state index contributed by atoms with van der Waals surface area (Å²) in [6, 6.07) is 9.22. The van der Waals surface area contributed by atoms with Crippen LogP contribution >= 0.6 is 0 Å². The van der Waals surface area contributed by atoms with Crippen molar-refractivity contribution in [2.75, 3.05) is 0 Å². The molecule has 1 aromatic heterocycles. The highest BCUT2D eigenvalue weighted by Crippen LogP contribution is 2.29. The molecule has 0 atom stereocenters. The zero-order valence-electron chi connectivity index (χ0n) is 12.7. The van der Waals surface area contributed by atoms with Crippen molar-refractivity contribution >= 4 is 5.91 Å². The molecule has 116 valence electrons. The lowest BCUT2D eigenvalue weighted by molar-refractivity contribution is 0.0958. The van der Waals surface area contributed by atoms with E-state index >= 15 is 0 Å². The number of nitrogens with zero attached hydrogens (tertiary/aromatic N) is 3. The van der Waals surface area contributed by atoms with Crippen LogP contribution in [0.15, 0.2) is 28.8 Å². The first-order valence-corrected chi connectivity index (χ1v) is 7.60. The van der Waals surface area contributed by atoms with Gasteiger partial charge in [-0.1, -0.05) is 36.3 Å². The van der Waals surface area contributed by atoms with E-state index in [0.29, 0.717) is 18.4 Å². The van der Waals surface area contributed by atoms with Crippen molar-refractivity contribution < 1.29 is 9.32 Å². The molecule has 0 bridgehead atoms. The van der Waals surface area contributed by atoms with Crippen LogP contribution < -0.4 is 5.73 Å². The number of rotatable bonds is 7. The van der Waals surface area contributed by atoms with Gasteiger partial charge in [-0.2, -0.15) is 4.98 Å². The zero-order chi connectivity index (χ0) is 15.5. The van der Waals surface area contributed by atoms with E-state index in [4.69, 9.17) is 10.3 Å². The normalized spacial score (nSPS) is 14.5. The predicted molar refractivity (Wildman–Crippen MR) is 80.9 cm³/mol. The minimum absolute atomic E-state index is 0.127. The second-order valence-corrected chi connectivity index (χ2v) is 5.69. The maximum atomic E-state index is 11.0. The third-order valence-electron chi connectivity index (χ3n) is 3.90. The first-order valence-electron chi connectivity index (χ1n) is 7.60.